The highest BCUT2D eigenvalue weighted by molar-refractivity contribution is 9.10. The topological polar surface area (TPSA) is 89.1 Å². The molecule has 0 saturated heterocycles. The van der Waals surface area contributed by atoms with Crippen molar-refractivity contribution in [1.82, 2.24) is 29.4 Å². The van der Waals surface area contributed by atoms with Gasteiger partial charge < -0.3 is 10.0 Å². The lowest BCUT2D eigenvalue weighted by atomic mass is 9.75. The van der Waals surface area contributed by atoms with Gasteiger partial charge >= 0.3 is 6.09 Å². The molecule has 0 spiro atoms. The van der Waals surface area contributed by atoms with Crippen molar-refractivity contribution in [3.05, 3.63) is 58.7 Å². The Balaban J connectivity index is 1.68. The van der Waals surface area contributed by atoms with Gasteiger partial charge in [0.15, 0.2) is 0 Å². The number of benzene rings is 1. The number of fused-ring (bicyclic) bond motifs is 2. The minimum absolute atomic E-state index is 0.0192. The number of carboxylic acid groups (broad SMARTS) is 1. The van der Waals surface area contributed by atoms with Crippen molar-refractivity contribution in [2.75, 3.05) is 6.54 Å². The molecule has 33 heavy (non-hydrogen) atoms. The third-order valence-corrected chi connectivity index (χ3v) is 6.94. The molecule has 1 unspecified atom stereocenters. The van der Waals surface area contributed by atoms with Crippen LogP contribution in [0.2, 0.25) is 0 Å². The lowest BCUT2D eigenvalue weighted by Crippen LogP contribution is -2.41. The van der Waals surface area contributed by atoms with E-state index in [0.717, 1.165) is 43.6 Å². The van der Waals surface area contributed by atoms with Crippen LogP contribution >= 0.6 is 15.9 Å². The van der Waals surface area contributed by atoms with Crippen molar-refractivity contribution in [3.8, 4) is 16.9 Å². The monoisotopic (exact) mass is 508 g/mol. The van der Waals surface area contributed by atoms with E-state index in [1.807, 2.05) is 48.4 Å². The highest BCUT2D eigenvalue weighted by Crippen LogP contribution is 2.44. The molecule has 5 rings (SSSR count). The molecule has 3 aromatic heterocycles. The number of nitrogens with zero attached hydrogens (tertiary/aromatic N) is 6. The molecule has 1 aliphatic rings. The summed E-state index contributed by atoms with van der Waals surface area (Å²) in [6, 6.07) is 8.08. The summed E-state index contributed by atoms with van der Waals surface area (Å²) in [6.07, 6.45) is 4.67. The summed E-state index contributed by atoms with van der Waals surface area (Å²) < 4.78 is 4.39. The molecule has 0 fully saturated rings. The van der Waals surface area contributed by atoms with Crippen LogP contribution in [-0.4, -0.2) is 47.2 Å². The van der Waals surface area contributed by atoms with Gasteiger partial charge in [0.1, 0.15) is 4.60 Å². The standard InChI is InChI=1S/C24H25BrN6O2/c1-24(2,3)17-12-30(23(32)33)13-20-21(17)22(25)28-31(20)19-7-5-6-14-8-18(26-10-16(14)19)15-9-27-29(4)11-15/h5-11,17H,12-13H2,1-4H3,(H,32,33). The zero-order chi connectivity index (χ0) is 23.5. The SMILES string of the molecule is Cn1cc(-c2cc3cccc(-n4nc(Br)c5c4CN(C(=O)O)CC5C(C)(C)C)c3cn2)cn1. The van der Waals surface area contributed by atoms with E-state index in [1.54, 1.807) is 10.9 Å². The summed E-state index contributed by atoms with van der Waals surface area (Å²) in [5, 5.41) is 20.8. The maximum atomic E-state index is 11.9. The second kappa shape index (κ2) is 7.69. The minimum atomic E-state index is -0.917. The second-order valence-corrected chi connectivity index (χ2v) is 10.4. The van der Waals surface area contributed by atoms with E-state index >= 15 is 0 Å². The molecule has 0 bridgehead atoms. The van der Waals surface area contributed by atoms with Crippen LogP contribution in [0.4, 0.5) is 4.79 Å². The first kappa shape index (κ1) is 21.6. The Morgan fingerprint density at radius 2 is 2.03 bits per heavy atom. The number of hydrogen-bond acceptors (Lipinski definition) is 4. The van der Waals surface area contributed by atoms with Crippen LogP contribution in [0.15, 0.2) is 47.5 Å². The van der Waals surface area contributed by atoms with Crippen molar-refractivity contribution in [3.63, 3.8) is 0 Å². The third-order valence-electron chi connectivity index (χ3n) is 6.36. The van der Waals surface area contributed by atoms with Gasteiger partial charge in [0.2, 0.25) is 0 Å². The summed E-state index contributed by atoms with van der Waals surface area (Å²) in [5.41, 5.74) is 4.52. The Kier molecular flexibility index (Phi) is 5.04. The number of rotatable bonds is 2. The minimum Gasteiger partial charge on any atom is -0.465 e. The Labute approximate surface area is 200 Å². The van der Waals surface area contributed by atoms with Crippen LogP contribution in [-0.2, 0) is 13.6 Å². The molecule has 4 heterocycles. The van der Waals surface area contributed by atoms with Crippen LogP contribution in [0.3, 0.4) is 0 Å². The smallest absolute Gasteiger partial charge is 0.407 e. The number of carbonyl (C=O) groups is 1. The van der Waals surface area contributed by atoms with Gasteiger partial charge in [-0.3, -0.25) is 9.67 Å². The van der Waals surface area contributed by atoms with Crippen LogP contribution in [0.1, 0.15) is 37.9 Å². The van der Waals surface area contributed by atoms with E-state index in [9.17, 15) is 9.90 Å². The van der Waals surface area contributed by atoms with Crippen molar-refractivity contribution >= 4 is 32.8 Å². The average Bonchev–Trinajstić information content (AvgIpc) is 3.35. The Morgan fingerprint density at radius 3 is 2.70 bits per heavy atom. The second-order valence-electron chi connectivity index (χ2n) is 9.62. The predicted octanol–water partition coefficient (Wildman–Crippen LogP) is 5.21. The number of amides is 1. The van der Waals surface area contributed by atoms with Gasteiger partial charge in [-0.05, 0) is 38.9 Å². The quantitative estimate of drug-likeness (QED) is 0.401. The summed E-state index contributed by atoms with van der Waals surface area (Å²) >= 11 is 3.68. The van der Waals surface area contributed by atoms with Crippen LogP contribution < -0.4 is 0 Å². The Bertz CT molecular complexity index is 1380. The van der Waals surface area contributed by atoms with Crippen LogP contribution in [0.25, 0.3) is 27.7 Å². The highest BCUT2D eigenvalue weighted by Gasteiger charge is 2.40. The number of aryl methyl sites for hydroxylation is 1. The maximum Gasteiger partial charge on any atom is 0.407 e. The molecule has 0 radical (unpaired) electrons. The van der Waals surface area contributed by atoms with E-state index in [2.05, 4.69) is 46.8 Å². The molecule has 1 N–H and O–H groups in total. The zero-order valence-electron chi connectivity index (χ0n) is 18.9. The lowest BCUT2D eigenvalue weighted by molar-refractivity contribution is 0.120. The van der Waals surface area contributed by atoms with Gasteiger partial charge in [-0.25, -0.2) is 9.48 Å². The summed E-state index contributed by atoms with van der Waals surface area (Å²) in [5.74, 6) is 0.0192. The molecular formula is C24H25BrN6O2. The molecule has 1 aliphatic heterocycles. The van der Waals surface area contributed by atoms with Crippen LogP contribution in [0, 0.1) is 5.41 Å². The van der Waals surface area contributed by atoms with Crippen LogP contribution in [0.5, 0.6) is 0 Å². The van der Waals surface area contributed by atoms with Gasteiger partial charge in [-0.1, -0.05) is 32.9 Å². The number of halogens is 1. The highest BCUT2D eigenvalue weighted by atomic mass is 79.9. The van der Waals surface area contributed by atoms with Crippen molar-refractivity contribution in [1.29, 1.82) is 0 Å². The van der Waals surface area contributed by atoms with Gasteiger partial charge in [-0.15, -0.1) is 0 Å². The predicted molar refractivity (Wildman–Crippen MR) is 129 cm³/mol. The van der Waals surface area contributed by atoms with Gasteiger partial charge in [0.25, 0.3) is 0 Å². The first-order chi connectivity index (χ1) is 15.6. The molecule has 9 heteroatoms. The number of aromatic nitrogens is 5. The average molecular weight is 509 g/mol. The first-order valence-electron chi connectivity index (χ1n) is 10.8. The van der Waals surface area contributed by atoms with E-state index in [4.69, 9.17) is 5.10 Å². The molecular weight excluding hydrogens is 484 g/mol. The summed E-state index contributed by atoms with van der Waals surface area (Å²) in [4.78, 5) is 18.1. The van der Waals surface area contributed by atoms with Gasteiger partial charge in [0, 0.05) is 48.4 Å². The normalized spacial score (nSPS) is 16.3. The Hall–Kier alpha value is -3.20. The molecule has 170 valence electrons. The molecule has 8 nitrogen and oxygen atoms in total. The summed E-state index contributed by atoms with van der Waals surface area (Å²) in [7, 11) is 1.88. The van der Waals surface area contributed by atoms with Crippen molar-refractivity contribution in [2.24, 2.45) is 12.5 Å². The molecule has 1 atom stereocenters. The van der Waals surface area contributed by atoms with E-state index < -0.39 is 6.09 Å². The number of hydrogen-bond donors (Lipinski definition) is 1. The first-order valence-corrected chi connectivity index (χ1v) is 11.6. The zero-order valence-corrected chi connectivity index (χ0v) is 20.5. The van der Waals surface area contributed by atoms with Gasteiger partial charge in [0.05, 0.1) is 29.8 Å². The van der Waals surface area contributed by atoms with E-state index in [-0.39, 0.29) is 17.9 Å². The maximum absolute atomic E-state index is 11.9. The molecule has 0 aliphatic carbocycles. The van der Waals surface area contributed by atoms with E-state index in [0.29, 0.717) is 6.54 Å². The van der Waals surface area contributed by atoms with Crippen molar-refractivity contribution in [2.45, 2.75) is 33.2 Å². The molecule has 1 aromatic carbocycles. The molecule has 4 aromatic rings. The largest absolute Gasteiger partial charge is 0.465 e. The third kappa shape index (κ3) is 3.70. The fourth-order valence-electron chi connectivity index (χ4n) is 4.59. The van der Waals surface area contributed by atoms with Gasteiger partial charge in [-0.2, -0.15) is 10.2 Å². The number of pyridine rings is 1. The summed E-state index contributed by atoms with van der Waals surface area (Å²) in [6.45, 7) is 7.14. The van der Waals surface area contributed by atoms with E-state index in [1.165, 1.54) is 4.90 Å². The fourth-order valence-corrected chi connectivity index (χ4v) is 5.26. The van der Waals surface area contributed by atoms with Crippen molar-refractivity contribution < 1.29 is 9.90 Å². The molecule has 0 saturated carbocycles. The molecule has 1 amide bonds. The fraction of sp³-hybridized carbons (Fsp3) is 0.333. The Morgan fingerprint density at radius 1 is 1.24 bits per heavy atom. The lowest BCUT2D eigenvalue weighted by Gasteiger charge is -2.38.